The fraction of sp³-hybridized carbons (Fsp3) is 0.294. The minimum atomic E-state index is -3.37. The van der Waals surface area contributed by atoms with Gasteiger partial charge in [-0.05, 0) is 47.5 Å². The number of halogens is 1. The van der Waals surface area contributed by atoms with Gasteiger partial charge in [-0.1, -0.05) is 42.5 Å². The van der Waals surface area contributed by atoms with Crippen LogP contribution >= 0.6 is 23.5 Å². The van der Waals surface area contributed by atoms with Crippen molar-refractivity contribution in [1.29, 1.82) is 0 Å². The molecule has 0 bridgehead atoms. The molecule has 1 unspecified atom stereocenters. The first-order valence-corrected chi connectivity index (χ1v) is 9.96. The Kier molecular flexibility index (Phi) is 6.85. The number of anilines is 1. The summed E-state index contributed by atoms with van der Waals surface area (Å²) in [7, 11) is -3.37. The van der Waals surface area contributed by atoms with Crippen molar-refractivity contribution >= 4 is 29.2 Å². The summed E-state index contributed by atoms with van der Waals surface area (Å²) in [6, 6.07) is 17.3. The van der Waals surface area contributed by atoms with Gasteiger partial charge >= 0.3 is 7.60 Å². The summed E-state index contributed by atoms with van der Waals surface area (Å²) in [5.41, 5.74) is 1.69. The van der Waals surface area contributed by atoms with Crippen LogP contribution in [0, 0.1) is 0 Å². The van der Waals surface area contributed by atoms with Gasteiger partial charge in [-0.2, -0.15) is 0 Å². The van der Waals surface area contributed by atoms with Gasteiger partial charge in [0.2, 0.25) is 0 Å². The molecule has 0 radical (unpaired) electrons. The molecule has 23 heavy (non-hydrogen) atoms. The van der Waals surface area contributed by atoms with Crippen LogP contribution in [0.3, 0.4) is 0 Å². The average molecular weight is 398 g/mol. The van der Waals surface area contributed by atoms with Gasteiger partial charge in [-0.3, -0.25) is 4.57 Å². The van der Waals surface area contributed by atoms with Crippen molar-refractivity contribution in [2.24, 2.45) is 0 Å². The number of para-hydroxylation sites is 1. The largest absolute Gasteiger partial charge is 0.367 e. The second kappa shape index (κ2) is 8.65. The van der Waals surface area contributed by atoms with Gasteiger partial charge in [-0.15, -0.1) is 0 Å². The molecule has 0 aliphatic carbocycles. The van der Waals surface area contributed by atoms with E-state index < -0.39 is 13.4 Å². The molecule has 0 fully saturated rings. The average Bonchev–Trinajstić information content (AvgIpc) is 2.55. The standard InChI is InChI=1S/C17H21BrNO3P/c1-3-21-23(20,22-4-2)17(14-10-6-5-7-11-14)19-16-13-9-8-12-15(16)18/h5-13,17,19H,3-4H2,1-2H3. The molecule has 0 heterocycles. The van der Waals surface area contributed by atoms with Crippen LogP contribution in [0.2, 0.25) is 0 Å². The van der Waals surface area contributed by atoms with E-state index in [2.05, 4.69) is 21.2 Å². The van der Waals surface area contributed by atoms with E-state index in [0.29, 0.717) is 13.2 Å². The van der Waals surface area contributed by atoms with Crippen molar-refractivity contribution in [2.75, 3.05) is 18.5 Å². The smallest absolute Gasteiger partial charge is 0.357 e. The summed E-state index contributed by atoms with van der Waals surface area (Å²) in [5, 5.41) is 3.31. The number of rotatable bonds is 8. The van der Waals surface area contributed by atoms with Crippen molar-refractivity contribution < 1.29 is 13.6 Å². The summed E-state index contributed by atoms with van der Waals surface area (Å²) in [6.45, 7) is 4.26. The molecule has 0 aliphatic rings. The Balaban J connectivity index is 2.43. The number of hydrogen-bond acceptors (Lipinski definition) is 4. The molecule has 0 spiro atoms. The highest BCUT2D eigenvalue weighted by Crippen LogP contribution is 2.60. The van der Waals surface area contributed by atoms with Crippen LogP contribution < -0.4 is 5.32 Å². The molecular formula is C17H21BrNO3P. The van der Waals surface area contributed by atoms with Crippen molar-refractivity contribution in [3.63, 3.8) is 0 Å². The molecule has 0 saturated carbocycles. The Labute approximate surface area is 145 Å². The second-order valence-electron chi connectivity index (χ2n) is 4.81. The Morgan fingerprint density at radius 3 is 2.13 bits per heavy atom. The maximum atomic E-state index is 13.3. The Morgan fingerprint density at radius 1 is 1.00 bits per heavy atom. The normalized spacial score (nSPS) is 12.8. The molecule has 0 aliphatic heterocycles. The molecule has 0 aromatic heterocycles. The van der Waals surface area contributed by atoms with Crippen molar-refractivity contribution in [3.8, 4) is 0 Å². The van der Waals surface area contributed by atoms with Gasteiger partial charge in [0, 0.05) is 10.2 Å². The fourth-order valence-electron chi connectivity index (χ4n) is 2.25. The van der Waals surface area contributed by atoms with Crippen LogP contribution in [0.5, 0.6) is 0 Å². The minimum Gasteiger partial charge on any atom is -0.367 e. The predicted molar refractivity (Wildman–Crippen MR) is 97.8 cm³/mol. The van der Waals surface area contributed by atoms with E-state index in [1.807, 2.05) is 68.4 Å². The minimum absolute atomic E-state index is 0.318. The molecule has 2 aromatic rings. The van der Waals surface area contributed by atoms with Crippen LogP contribution in [0.15, 0.2) is 59.1 Å². The SMILES string of the molecule is CCOP(=O)(OCC)C(Nc1ccccc1Br)c1ccccc1. The number of nitrogens with one attached hydrogen (secondary N) is 1. The lowest BCUT2D eigenvalue weighted by Crippen LogP contribution is -2.15. The zero-order valence-corrected chi connectivity index (χ0v) is 15.7. The lowest BCUT2D eigenvalue weighted by molar-refractivity contribution is 0.214. The number of benzene rings is 2. The van der Waals surface area contributed by atoms with E-state index >= 15 is 0 Å². The molecular weight excluding hydrogens is 377 g/mol. The fourth-order valence-corrected chi connectivity index (χ4v) is 4.58. The van der Waals surface area contributed by atoms with Gasteiger partial charge in [0.05, 0.1) is 13.2 Å². The monoisotopic (exact) mass is 397 g/mol. The van der Waals surface area contributed by atoms with Gasteiger partial charge in [-0.25, -0.2) is 0 Å². The lowest BCUT2D eigenvalue weighted by Gasteiger charge is -2.28. The maximum absolute atomic E-state index is 13.3. The maximum Gasteiger partial charge on any atom is 0.357 e. The predicted octanol–water partition coefficient (Wildman–Crippen LogP) is 5.83. The summed E-state index contributed by atoms with van der Waals surface area (Å²) in [6.07, 6.45) is 0. The van der Waals surface area contributed by atoms with Crippen LogP contribution in [0.1, 0.15) is 25.2 Å². The van der Waals surface area contributed by atoms with E-state index in [0.717, 1.165) is 15.7 Å². The Morgan fingerprint density at radius 2 is 1.57 bits per heavy atom. The van der Waals surface area contributed by atoms with Crippen LogP contribution in [0.25, 0.3) is 0 Å². The first kappa shape index (κ1) is 18.2. The zero-order chi connectivity index (χ0) is 16.7. The molecule has 1 N–H and O–H groups in total. The second-order valence-corrected chi connectivity index (χ2v) is 7.78. The first-order chi connectivity index (χ1) is 11.1. The van der Waals surface area contributed by atoms with Gasteiger partial charge < -0.3 is 14.4 Å². The third-order valence-electron chi connectivity index (χ3n) is 3.22. The quantitative estimate of drug-likeness (QED) is 0.569. The van der Waals surface area contributed by atoms with Gasteiger partial charge in [0.1, 0.15) is 0 Å². The van der Waals surface area contributed by atoms with Crippen LogP contribution in [0.4, 0.5) is 5.69 Å². The lowest BCUT2D eigenvalue weighted by atomic mass is 10.2. The van der Waals surface area contributed by atoms with E-state index in [4.69, 9.17) is 9.05 Å². The molecule has 6 heteroatoms. The third kappa shape index (κ3) is 4.67. The van der Waals surface area contributed by atoms with E-state index in [9.17, 15) is 4.57 Å². The summed E-state index contributed by atoms with van der Waals surface area (Å²) < 4.78 is 25.3. The Bertz CT molecular complexity index is 656. The molecule has 4 nitrogen and oxygen atoms in total. The van der Waals surface area contributed by atoms with Gasteiger partial charge in [0.25, 0.3) is 0 Å². The van der Waals surface area contributed by atoms with E-state index in [1.54, 1.807) is 0 Å². The summed E-state index contributed by atoms with van der Waals surface area (Å²) >= 11 is 3.51. The third-order valence-corrected chi connectivity index (χ3v) is 6.20. The van der Waals surface area contributed by atoms with E-state index in [1.165, 1.54) is 0 Å². The number of hydrogen-bond donors (Lipinski definition) is 1. The molecule has 0 amide bonds. The first-order valence-electron chi connectivity index (χ1n) is 7.55. The topological polar surface area (TPSA) is 47.6 Å². The summed E-state index contributed by atoms with van der Waals surface area (Å²) in [4.78, 5) is 0. The van der Waals surface area contributed by atoms with Gasteiger partial charge in [0.15, 0.2) is 5.78 Å². The van der Waals surface area contributed by atoms with Crippen molar-refractivity contribution in [2.45, 2.75) is 19.6 Å². The van der Waals surface area contributed by atoms with Crippen molar-refractivity contribution in [3.05, 3.63) is 64.6 Å². The molecule has 2 rings (SSSR count). The summed E-state index contributed by atoms with van der Waals surface area (Å²) in [5.74, 6) is -0.581. The van der Waals surface area contributed by atoms with Crippen LogP contribution in [-0.4, -0.2) is 13.2 Å². The van der Waals surface area contributed by atoms with Crippen LogP contribution in [-0.2, 0) is 13.6 Å². The highest BCUT2D eigenvalue weighted by atomic mass is 79.9. The highest BCUT2D eigenvalue weighted by molar-refractivity contribution is 9.10. The molecule has 0 saturated heterocycles. The molecule has 1 atom stereocenters. The van der Waals surface area contributed by atoms with Crippen molar-refractivity contribution in [1.82, 2.24) is 0 Å². The Hall–Kier alpha value is -1.13. The highest BCUT2D eigenvalue weighted by Gasteiger charge is 2.37. The molecule has 124 valence electrons. The van der Waals surface area contributed by atoms with E-state index in [-0.39, 0.29) is 0 Å². The zero-order valence-electron chi connectivity index (χ0n) is 13.2. The molecule has 2 aromatic carbocycles.